The predicted molar refractivity (Wildman–Crippen MR) is 89.9 cm³/mol. The van der Waals surface area contributed by atoms with Crippen molar-refractivity contribution >= 4 is 11.6 Å². The SMILES string of the molecule is CCc1cccc(C)c1NC(=O)c1cn(-c2ccccc2)nn1. The number of benzene rings is 2. The predicted octanol–water partition coefficient (Wildman–Crippen LogP) is 3.39. The quantitative estimate of drug-likeness (QED) is 0.803. The number of nitrogens with zero attached hydrogens (tertiary/aromatic N) is 3. The maximum absolute atomic E-state index is 12.5. The van der Waals surface area contributed by atoms with Crippen LogP contribution in [0.3, 0.4) is 0 Å². The lowest BCUT2D eigenvalue weighted by Gasteiger charge is -2.11. The molecule has 1 N–H and O–H groups in total. The molecule has 3 rings (SSSR count). The average Bonchev–Trinajstić information content (AvgIpc) is 3.07. The van der Waals surface area contributed by atoms with Gasteiger partial charge in [-0.05, 0) is 36.6 Å². The van der Waals surface area contributed by atoms with Crippen LogP contribution in [0.15, 0.2) is 54.7 Å². The van der Waals surface area contributed by atoms with Gasteiger partial charge in [-0.15, -0.1) is 5.10 Å². The zero-order valence-electron chi connectivity index (χ0n) is 13.2. The van der Waals surface area contributed by atoms with Gasteiger partial charge in [-0.25, -0.2) is 4.68 Å². The van der Waals surface area contributed by atoms with Crippen LogP contribution in [0.5, 0.6) is 0 Å². The van der Waals surface area contributed by atoms with E-state index in [0.717, 1.165) is 28.9 Å². The van der Waals surface area contributed by atoms with E-state index in [0.29, 0.717) is 5.69 Å². The van der Waals surface area contributed by atoms with Gasteiger partial charge in [-0.2, -0.15) is 0 Å². The van der Waals surface area contributed by atoms with Gasteiger partial charge < -0.3 is 5.32 Å². The molecule has 23 heavy (non-hydrogen) atoms. The number of anilines is 1. The van der Waals surface area contributed by atoms with Gasteiger partial charge in [0.2, 0.25) is 0 Å². The van der Waals surface area contributed by atoms with Crippen LogP contribution in [0.25, 0.3) is 5.69 Å². The molecule has 0 aliphatic heterocycles. The van der Waals surface area contributed by atoms with Gasteiger partial charge in [0.25, 0.3) is 5.91 Å². The number of aryl methyl sites for hydroxylation is 2. The first-order chi connectivity index (χ1) is 11.2. The summed E-state index contributed by atoms with van der Waals surface area (Å²) >= 11 is 0. The van der Waals surface area contributed by atoms with E-state index >= 15 is 0 Å². The molecule has 0 radical (unpaired) electrons. The number of nitrogens with one attached hydrogen (secondary N) is 1. The Morgan fingerprint density at radius 2 is 1.91 bits per heavy atom. The number of aromatic nitrogens is 3. The fourth-order valence-corrected chi connectivity index (χ4v) is 2.45. The zero-order chi connectivity index (χ0) is 16.2. The summed E-state index contributed by atoms with van der Waals surface area (Å²) in [5, 5.41) is 11.0. The van der Waals surface area contributed by atoms with Crippen LogP contribution in [0.2, 0.25) is 0 Å². The summed E-state index contributed by atoms with van der Waals surface area (Å²) in [6.45, 7) is 4.05. The van der Waals surface area contributed by atoms with E-state index < -0.39 is 0 Å². The molecule has 1 aromatic heterocycles. The summed E-state index contributed by atoms with van der Waals surface area (Å²) in [5.74, 6) is -0.254. The Morgan fingerprint density at radius 1 is 1.13 bits per heavy atom. The Kier molecular flexibility index (Phi) is 4.19. The standard InChI is InChI=1S/C18H18N4O/c1-3-14-9-7-8-13(2)17(14)19-18(23)16-12-22(21-20-16)15-10-5-4-6-11-15/h4-12H,3H2,1-2H3,(H,19,23). The highest BCUT2D eigenvalue weighted by Crippen LogP contribution is 2.21. The highest BCUT2D eigenvalue weighted by Gasteiger charge is 2.14. The topological polar surface area (TPSA) is 59.8 Å². The molecule has 0 saturated heterocycles. The van der Waals surface area contributed by atoms with Crippen molar-refractivity contribution in [2.24, 2.45) is 0 Å². The largest absolute Gasteiger partial charge is 0.320 e. The van der Waals surface area contributed by atoms with Crippen LogP contribution in [0.1, 0.15) is 28.5 Å². The first-order valence-electron chi connectivity index (χ1n) is 7.56. The first kappa shape index (κ1) is 15.0. The summed E-state index contributed by atoms with van der Waals surface area (Å²) in [6.07, 6.45) is 2.49. The van der Waals surface area contributed by atoms with Crippen LogP contribution in [-0.4, -0.2) is 20.9 Å². The molecule has 0 atom stereocenters. The second-order valence-electron chi connectivity index (χ2n) is 5.30. The minimum Gasteiger partial charge on any atom is -0.320 e. The Labute approximate surface area is 135 Å². The number of carbonyl (C=O) groups is 1. The number of hydrogen-bond acceptors (Lipinski definition) is 3. The molecule has 0 aliphatic carbocycles. The molecule has 3 aromatic rings. The lowest BCUT2D eigenvalue weighted by molar-refractivity contribution is 0.102. The van der Waals surface area contributed by atoms with E-state index in [1.165, 1.54) is 0 Å². The molecule has 5 nitrogen and oxygen atoms in total. The lowest BCUT2D eigenvalue weighted by atomic mass is 10.1. The van der Waals surface area contributed by atoms with Crippen LogP contribution in [0, 0.1) is 6.92 Å². The second-order valence-corrected chi connectivity index (χ2v) is 5.30. The minimum atomic E-state index is -0.254. The van der Waals surface area contributed by atoms with Crippen molar-refractivity contribution in [3.8, 4) is 5.69 Å². The highest BCUT2D eigenvalue weighted by molar-refractivity contribution is 6.03. The number of rotatable bonds is 4. The molecule has 1 heterocycles. The monoisotopic (exact) mass is 306 g/mol. The van der Waals surface area contributed by atoms with Gasteiger partial charge >= 0.3 is 0 Å². The fraction of sp³-hybridized carbons (Fsp3) is 0.167. The molecule has 0 fully saturated rings. The van der Waals surface area contributed by atoms with Crippen molar-refractivity contribution in [2.45, 2.75) is 20.3 Å². The molecule has 2 aromatic carbocycles. The molecular formula is C18H18N4O. The van der Waals surface area contributed by atoms with Gasteiger partial charge in [0.15, 0.2) is 5.69 Å². The van der Waals surface area contributed by atoms with E-state index in [2.05, 4.69) is 22.6 Å². The third-order valence-electron chi connectivity index (χ3n) is 3.73. The van der Waals surface area contributed by atoms with Crippen LogP contribution in [-0.2, 0) is 6.42 Å². The molecule has 0 saturated carbocycles. The number of amides is 1. The average molecular weight is 306 g/mol. The lowest BCUT2D eigenvalue weighted by Crippen LogP contribution is -2.14. The maximum Gasteiger partial charge on any atom is 0.277 e. The first-order valence-corrected chi connectivity index (χ1v) is 7.56. The van der Waals surface area contributed by atoms with Gasteiger partial charge in [-0.1, -0.05) is 48.5 Å². The number of carbonyl (C=O) groups excluding carboxylic acids is 1. The van der Waals surface area contributed by atoms with Crippen LogP contribution < -0.4 is 5.32 Å². The summed E-state index contributed by atoms with van der Waals surface area (Å²) < 4.78 is 1.59. The fourth-order valence-electron chi connectivity index (χ4n) is 2.45. The van der Waals surface area contributed by atoms with Gasteiger partial charge in [0.05, 0.1) is 11.9 Å². The summed E-state index contributed by atoms with van der Waals surface area (Å²) in [4.78, 5) is 12.5. The van der Waals surface area contributed by atoms with E-state index in [1.54, 1.807) is 10.9 Å². The molecule has 116 valence electrons. The Morgan fingerprint density at radius 3 is 2.65 bits per heavy atom. The maximum atomic E-state index is 12.5. The van der Waals surface area contributed by atoms with Crippen molar-refractivity contribution in [3.63, 3.8) is 0 Å². The van der Waals surface area contributed by atoms with Crippen LogP contribution >= 0.6 is 0 Å². The summed E-state index contributed by atoms with van der Waals surface area (Å²) in [6, 6.07) is 15.6. The molecule has 0 spiro atoms. The van der Waals surface area contributed by atoms with E-state index in [-0.39, 0.29) is 5.91 Å². The van der Waals surface area contributed by atoms with Crippen molar-refractivity contribution in [3.05, 3.63) is 71.5 Å². The summed E-state index contributed by atoms with van der Waals surface area (Å²) in [7, 11) is 0. The highest BCUT2D eigenvalue weighted by atomic mass is 16.2. The molecular weight excluding hydrogens is 288 g/mol. The van der Waals surface area contributed by atoms with Crippen LogP contribution in [0.4, 0.5) is 5.69 Å². The number of hydrogen-bond donors (Lipinski definition) is 1. The van der Waals surface area contributed by atoms with Crippen molar-refractivity contribution in [2.75, 3.05) is 5.32 Å². The molecule has 0 bridgehead atoms. The third-order valence-corrected chi connectivity index (χ3v) is 3.73. The Bertz CT molecular complexity index is 824. The van der Waals surface area contributed by atoms with Crippen molar-refractivity contribution < 1.29 is 4.79 Å². The smallest absolute Gasteiger partial charge is 0.277 e. The molecule has 0 aliphatic rings. The van der Waals surface area contributed by atoms with Crippen molar-refractivity contribution in [1.29, 1.82) is 0 Å². The third kappa shape index (κ3) is 3.13. The zero-order valence-corrected chi connectivity index (χ0v) is 13.2. The van der Waals surface area contributed by atoms with Gasteiger partial charge in [0.1, 0.15) is 0 Å². The normalized spacial score (nSPS) is 10.5. The Hall–Kier alpha value is -2.95. The van der Waals surface area contributed by atoms with E-state index in [4.69, 9.17) is 0 Å². The van der Waals surface area contributed by atoms with Crippen molar-refractivity contribution in [1.82, 2.24) is 15.0 Å². The Balaban J connectivity index is 1.84. The second kappa shape index (κ2) is 6.44. The van der Waals surface area contributed by atoms with E-state index in [9.17, 15) is 4.79 Å². The minimum absolute atomic E-state index is 0.254. The summed E-state index contributed by atoms with van der Waals surface area (Å²) in [5.41, 5.74) is 4.15. The molecule has 0 unspecified atom stereocenters. The molecule has 1 amide bonds. The number of para-hydroxylation sites is 2. The van der Waals surface area contributed by atoms with Gasteiger partial charge in [-0.3, -0.25) is 4.79 Å². The van der Waals surface area contributed by atoms with Gasteiger partial charge in [0, 0.05) is 5.69 Å². The van der Waals surface area contributed by atoms with E-state index in [1.807, 2.05) is 55.5 Å². The molecule has 5 heteroatoms.